The van der Waals surface area contributed by atoms with Gasteiger partial charge in [0.05, 0.1) is 12.2 Å². The lowest BCUT2D eigenvalue weighted by atomic mass is 9.82. The molecule has 2 aromatic carbocycles. The van der Waals surface area contributed by atoms with Crippen LogP contribution in [0.1, 0.15) is 43.4 Å². The van der Waals surface area contributed by atoms with Gasteiger partial charge < -0.3 is 20.3 Å². The van der Waals surface area contributed by atoms with E-state index in [-0.39, 0.29) is 6.61 Å². The van der Waals surface area contributed by atoms with Gasteiger partial charge in [-0.25, -0.2) is 0 Å². The fraction of sp³-hybridized carbons (Fsp3) is 0.429. The molecule has 1 aliphatic heterocycles. The van der Waals surface area contributed by atoms with Crippen LogP contribution in [0.15, 0.2) is 48.5 Å². The summed E-state index contributed by atoms with van der Waals surface area (Å²) in [7, 11) is 0. The summed E-state index contributed by atoms with van der Waals surface area (Å²) in [5.74, 6) is 0.708. The molecule has 0 bridgehead atoms. The van der Waals surface area contributed by atoms with Gasteiger partial charge in [0.2, 0.25) is 0 Å². The second-order valence-electron chi connectivity index (χ2n) is 6.03. The van der Waals surface area contributed by atoms with Crippen LogP contribution in [0.3, 0.4) is 0 Å². The molecule has 0 spiro atoms. The van der Waals surface area contributed by atoms with Crippen molar-refractivity contribution in [3.05, 3.63) is 65.2 Å². The van der Waals surface area contributed by atoms with Gasteiger partial charge in [-0.05, 0) is 54.8 Å². The fourth-order valence-electron chi connectivity index (χ4n) is 3.10. The van der Waals surface area contributed by atoms with E-state index in [9.17, 15) is 10.2 Å². The Morgan fingerprint density at radius 2 is 1.72 bits per heavy atom. The van der Waals surface area contributed by atoms with Crippen LogP contribution >= 0.6 is 0 Å². The van der Waals surface area contributed by atoms with Crippen molar-refractivity contribution in [1.82, 2.24) is 5.32 Å². The van der Waals surface area contributed by atoms with Gasteiger partial charge in [0.1, 0.15) is 12.4 Å². The van der Waals surface area contributed by atoms with Crippen molar-refractivity contribution >= 4 is 0 Å². The number of rotatable bonds is 5. The summed E-state index contributed by atoms with van der Waals surface area (Å²) in [4.78, 5) is 0. The van der Waals surface area contributed by atoms with E-state index >= 15 is 0 Å². The van der Waals surface area contributed by atoms with Gasteiger partial charge in [0, 0.05) is 0 Å². The number of nitrogens with one attached hydrogen (secondary N) is 1. The van der Waals surface area contributed by atoms with Crippen LogP contribution in [0.5, 0.6) is 5.75 Å². The molecule has 3 rings (SSSR count). The Morgan fingerprint density at radius 3 is 2.36 bits per heavy atom. The van der Waals surface area contributed by atoms with E-state index in [1.165, 1.54) is 0 Å². The van der Waals surface area contributed by atoms with Gasteiger partial charge in [-0.2, -0.15) is 0 Å². The molecule has 0 aromatic heterocycles. The van der Waals surface area contributed by atoms with E-state index in [0.717, 1.165) is 29.8 Å². The number of aliphatic hydroxyl groups excluding tert-OH is 1. The topological polar surface area (TPSA) is 61.7 Å². The summed E-state index contributed by atoms with van der Waals surface area (Å²) in [6.07, 6.45) is 1.31. The minimum absolute atomic E-state index is 0.104. The van der Waals surface area contributed by atoms with Crippen LogP contribution in [0.4, 0.5) is 0 Å². The first-order chi connectivity index (χ1) is 12.2. The molecule has 1 saturated heterocycles. The Labute approximate surface area is 150 Å². The Balaban J connectivity index is 0.00000109. The van der Waals surface area contributed by atoms with E-state index in [4.69, 9.17) is 4.74 Å². The molecule has 1 aliphatic rings. The van der Waals surface area contributed by atoms with E-state index < -0.39 is 5.60 Å². The predicted octanol–water partition coefficient (Wildman–Crippen LogP) is 3.36. The minimum Gasteiger partial charge on any atom is -0.489 e. The molecule has 4 heteroatoms. The Morgan fingerprint density at radius 1 is 1.04 bits per heavy atom. The maximum Gasteiger partial charge on any atom is 0.120 e. The zero-order chi connectivity index (χ0) is 18.1. The molecule has 1 heterocycles. The molecule has 3 N–H and O–H groups in total. The summed E-state index contributed by atoms with van der Waals surface area (Å²) in [5, 5.41) is 23.8. The normalized spacial score (nSPS) is 15.8. The van der Waals surface area contributed by atoms with Crippen molar-refractivity contribution < 1.29 is 14.9 Å². The average Bonchev–Trinajstić information content (AvgIpc) is 2.69. The largest absolute Gasteiger partial charge is 0.489 e. The maximum atomic E-state index is 10.9. The number of aliphatic hydroxyl groups is 2. The zero-order valence-corrected chi connectivity index (χ0v) is 15.2. The van der Waals surface area contributed by atoms with Crippen molar-refractivity contribution in [3.8, 4) is 5.75 Å². The van der Waals surface area contributed by atoms with Gasteiger partial charge in [-0.15, -0.1) is 0 Å². The molecule has 4 nitrogen and oxygen atoms in total. The standard InChI is InChI=1S/C19H23NO3.C2H6/c21-13-16-12-17(23-14-15-4-2-1-3-5-15)6-7-18(16)19(22)8-10-20-11-9-19;1-2/h1-7,12,20-22H,8-11,13-14H2;1-2H3. The highest BCUT2D eigenvalue weighted by atomic mass is 16.5. The zero-order valence-electron chi connectivity index (χ0n) is 15.2. The lowest BCUT2D eigenvalue weighted by Gasteiger charge is -2.34. The second kappa shape index (κ2) is 9.56. The van der Waals surface area contributed by atoms with Crippen LogP contribution in [0.25, 0.3) is 0 Å². The predicted molar refractivity (Wildman–Crippen MR) is 100 cm³/mol. The summed E-state index contributed by atoms with van der Waals surface area (Å²) in [5.41, 5.74) is 1.79. The first-order valence-corrected chi connectivity index (χ1v) is 9.05. The highest BCUT2D eigenvalue weighted by molar-refractivity contribution is 5.39. The van der Waals surface area contributed by atoms with Crippen LogP contribution in [0, 0.1) is 0 Å². The highest BCUT2D eigenvalue weighted by Gasteiger charge is 2.33. The molecule has 25 heavy (non-hydrogen) atoms. The summed E-state index contributed by atoms with van der Waals surface area (Å²) < 4.78 is 5.80. The summed E-state index contributed by atoms with van der Waals surface area (Å²) in [6.45, 7) is 5.95. The Kier molecular flexibility index (Phi) is 7.44. The number of hydrogen-bond donors (Lipinski definition) is 3. The highest BCUT2D eigenvalue weighted by Crippen LogP contribution is 2.34. The third-order valence-electron chi connectivity index (χ3n) is 4.43. The van der Waals surface area contributed by atoms with Crippen molar-refractivity contribution in [2.24, 2.45) is 0 Å². The lowest BCUT2D eigenvalue weighted by molar-refractivity contribution is 0.00414. The first kappa shape index (κ1) is 19.4. The van der Waals surface area contributed by atoms with Crippen molar-refractivity contribution in [2.45, 2.75) is 45.5 Å². The summed E-state index contributed by atoms with van der Waals surface area (Å²) >= 11 is 0. The molecular formula is C21H29NO3. The quantitative estimate of drug-likeness (QED) is 0.779. The van der Waals surface area contributed by atoms with Gasteiger partial charge in [0.25, 0.3) is 0 Å². The molecular weight excluding hydrogens is 314 g/mol. The number of piperidine rings is 1. The lowest BCUT2D eigenvalue weighted by Crippen LogP contribution is -2.40. The van der Waals surface area contributed by atoms with Crippen LogP contribution < -0.4 is 10.1 Å². The minimum atomic E-state index is -0.860. The van der Waals surface area contributed by atoms with E-state index in [1.54, 1.807) is 0 Å². The molecule has 0 unspecified atom stereocenters. The number of benzene rings is 2. The van der Waals surface area contributed by atoms with Gasteiger partial charge in [-0.1, -0.05) is 50.2 Å². The first-order valence-electron chi connectivity index (χ1n) is 9.05. The van der Waals surface area contributed by atoms with Crippen molar-refractivity contribution in [3.63, 3.8) is 0 Å². The van der Waals surface area contributed by atoms with Crippen LogP contribution in [-0.2, 0) is 18.8 Å². The smallest absolute Gasteiger partial charge is 0.120 e. The Hall–Kier alpha value is -1.88. The van der Waals surface area contributed by atoms with Crippen LogP contribution in [-0.4, -0.2) is 23.3 Å². The molecule has 1 fully saturated rings. The average molecular weight is 343 g/mol. The molecule has 2 aromatic rings. The SMILES string of the molecule is CC.OCc1cc(OCc2ccccc2)ccc1C1(O)CCNCC1. The molecule has 0 radical (unpaired) electrons. The second-order valence-corrected chi connectivity index (χ2v) is 6.03. The van der Waals surface area contributed by atoms with Gasteiger partial charge in [-0.3, -0.25) is 0 Å². The van der Waals surface area contributed by atoms with Crippen molar-refractivity contribution in [2.75, 3.05) is 13.1 Å². The van der Waals surface area contributed by atoms with Crippen LogP contribution in [0.2, 0.25) is 0 Å². The summed E-state index contributed by atoms with van der Waals surface area (Å²) in [6, 6.07) is 15.5. The van der Waals surface area contributed by atoms with Crippen molar-refractivity contribution in [1.29, 1.82) is 0 Å². The molecule has 136 valence electrons. The maximum absolute atomic E-state index is 10.9. The molecule has 0 aliphatic carbocycles. The monoisotopic (exact) mass is 343 g/mol. The van der Waals surface area contributed by atoms with E-state index in [2.05, 4.69) is 5.32 Å². The number of ether oxygens (including phenoxy) is 1. The fourth-order valence-corrected chi connectivity index (χ4v) is 3.10. The van der Waals surface area contributed by atoms with Gasteiger partial charge >= 0.3 is 0 Å². The molecule has 0 amide bonds. The molecule has 0 atom stereocenters. The van der Waals surface area contributed by atoms with Gasteiger partial charge in [0.15, 0.2) is 0 Å². The Bertz CT molecular complexity index is 637. The third kappa shape index (κ3) is 5.05. The third-order valence-corrected chi connectivity index (χ3v) is 4.43. The van der Waals surface area contributed by atoms with E-state index in [0.29, 0.717) is 25.2 Å². The number of hydrogen-bond acceptors (Lipinski definition) is 4. The molecule has 0 saturated carbocycles. The van der Waals surface area contributed by atoms with E-state index in [1.807, 2.05) is 62.4 Å².